The van der Waals surface area contributed by atoms with Crippen molar-refractivity contribution in [3.63, 3.8) is 0 Å². The highest BCUT2D eigenvalue weighted by Gasteiger charge is 2.15. The second kappa shape index (κ2) is 10.1. The van der Waals surface area contributed by atoms with Gasteiger partial charge in [0.1, 0.15) is 0 Å². The number of nitrogens with zero attached hydrogens (tertiary/aromatic N) is 2. The van der Waals surface area contributed by atoms with E-state index in [1.807, 2.05) is 18.2 Å². The van der Waals surface area contributed by atoms with Crippen LogP contribution >= 0.6 is 0 Å². The lowest BCUT2D eigenvalue weighted by atomic mass is 9.95. The van der Waals surface area contributed by atoms with Gasteiger partial charge in [0.2, 0.25) is 0 Å². The van der Waals surface area contributed by atoms with Gasteiger partial charge in [0.25, 0.3) is 0 Å². The van der Waals surface area contributed by atoms with Gasteiger partial charge in [-0.3, -0.25) is 10.4 Å². The minimum atomic E-state index is -0.234. The van der Waals surface area contributed by atoms with Crippen molar-refractivity contribution in [1.29, 1.82) is 10.8 Å². The number of hydrogen-bond donors (Lipinski definition) is 5. The summed E-state index contributed by atoms with van der Waals surface area (Å²) >= 11 is 0. The first kappa shape index (κ1) is 22.4. The highest BCUT2D eigenvalue weighted by Crippen LogP contribution is 2.24. The molecule has 1 unspecified atom stereocenters. The first-order chi connectivity index (χ1) is 14.9. The summed E-state index contributed by atoms with van der Waals surface area (Å²) in [6.07, 6.45) is 3.05. The van der Waals surface area contributed by atoms with E-state index < -0.39 is 0 Å². The van der Waals surface area contributed by atoms with E-state index in [1.54, 1.807) is 19.3 Å². The number of rotatable bonds is 10. The lowest BCUT2D eigenvalue weighted by Gasteiger charge is -2.12. The van der Waals surface area contributed by atoms with Gasteiger partial charge in [-0.05, 0) is 55.6 Å². The highest BCUT2D eigenvalue weighted by molar-refractivity contribution is 6.14. The van der Waals surface area contributed by atoms with Crippen LogP contribution in [0, 0.1) is 10.8 Å². The number of nitrogens with two attached hydrogens (primary N) is 1. The zero-order valence-electron chi connectivity index (χ0n) is 18.4. The van der Waals surface area contributed by atoms with Gasteiger partial charge < -0.3 is 26.3 Å². The molecular weight excluding hydrogens is 386 g/mol. The van der Waals surface area contributed by atoms with Crippen molar-refractivity contribution < 1.29 is 0 Å². The monoisotopic (exact) mass is 417 g/mol. The molecule has 0 saturated carbocycles. The van der Waals surface area contributed by atoms with Gasteiger partial charge in [-0.15, -0.1) is 0 Å². The Morgan fingerprint density at radius 2 is 2.03 bits per heavy atom. The molecule has 1 atom stereocenters. The molecule has 2 aromatic carbocycles. The Kier molecular flexibility index (Phi) is 7.33. The fourth-order valence-electron chi connectivity index (χ4n) is 3.49. The van der Waals surface area contributed by atoms with E-state index in [2.05, 4.69) is 52.5 Å². The Labute approximate surface area is 183 Å². The average molecular weight is 418 g/mol. The van der Waals surface area contributed by atoms with Crippen molar-refractivity contribution in [1.82, 2.24) is 15.2 Å². The molecule has 7 nitrogen and oxygen atoms in total. The van der Waals surface area contributed by atoms with Crippen LogP contribution in [0.15, 0.2) is 47.5 Å². The molecule has 7 heteroatoms. The number of H-pyrrole nitrogens is 1. The molecule has 0 fully saturated rings. The molecule has 0 saturated heterocycles. The lowest BCUT2D eigenvalue weighted by molar-refractivity contribution is 0.400. The smallest absolute Gasteiger partial charge is 0.0868 e. The van der Waals surface area contributed by atoms with Gasteiger partial charge in [0.15, 0.2) is 0 Å². The van der Waals surface area contributed by atoms with Crippen molar-refractivity contribution >= 4 is 34.7 Å². The molecule has 0 amide bonds. The Morgan fingerprint density at radius 1 is 1.23 bits per heavy atom. The summed E-state index contributed by atoms with van der Waals surface area (Å²) in [5.74, 6) is -0.234. The van der Waals surface area contributed by atoms with Crippen molar-refractivity contribution in [3.8, 4) is 0 Å². The predicted molar refractivity (Wildman–Crippen MR) is 131 cm³/mol. The van der Waals surface area contributed by atoms with Crippen molar-refractivity contribution in [2.45, 2.75) is 12.5 Å². The van der Waals surface area contributed by atoms with Gasteiger partial charge in [-0.25, -0.2) is 0 Å². The van der Waals surface area contributed by atoms with E-state index >= 15 is 0 Å². The number of nitrogens with one attached hydrogen (secondary N) is 4. The number of hydrogen-bond acceptors (Lipinski definition) is 6. The number of aliphatic imine (C=N–C) groups is 1. The molecule has 31 heavy (non-hydrogen) atoms. The molecule has 0 spiro atoms. The molecule has 0 aliphatic rings. The van der Waals surface area contributed by atoms with E-state index in [9.17, 15) is 0 Å². The number of likely N-dealkylation sites (N-methyl/N-ethyl adjacent to an activating group) is 1. The molecule has 162 valence electrons. The molecule has 1 heterocycles. The summed E-state index contributed by atoms with van der Waals surface area (Å²) in [5, 5.41) is 20.9. The summed E-state index contributed by atoms with van der Waals surface area (Å²) in [6, 6.07) is 13.8. The predicted octanol–water partition coefficient (Wildman–Crippen LogP) is 3.25. The molecule has 3 aromatic rings. The summed E-state index contributed by atoms with van der Waals surface area (Å²) in [7, 11) is 5.82. The first-order valence-electron chi connectivity index (χ1n) is 10.3. The number of benzene rings is 2. The molecule has 0 bridgehead atoms. The second-order valence-corrected chi connectivity index (χ2v) is 7.91. The zero-order valence-corrected chi connectivity index (χ0v) is 18.4. The molecule has 0 radical (unpaired) electrons. The minimum Gasteiger partial charge on any atom is -0.398 e. The highest BCUT2D eigenvalue weighted by atomic mass is 15.1. The Hall–Kier alpha value is -3.29. The third-order valence-corrected chi connectivity index (χ3v) is 5.24. The van der Waals surface area contributed by atoms with Gasteiger partial charge in [0, 0.05) is 61.3 Å². The second-order valence-electron chi connectivity index (χ2n) is 7.91. The third-order valence-electron chi connectivity index (χ3n) is 5.24. The fourth-order valence-corrected chi connectivity index (χ4v) is 3.49. The summed E-state index contributed by atoms with van der Waals surface area (Å²) in [6.45, 7) is 2.74. The molecule has 0 aliphatic heterocycles. The van der Waals surface area contributed by atoms with E-state index in [4.69, 9.17) is 16.6 Å². The van der Waals surface area contributed by atoms with Crippen LogP contribution in [0.1, 0.15) is 28.3 Å². The number of nitrogen functional groups attached to an aromatic ring is 1. The quantitative estimate of drug-likeness (QED) is 0.198. The largest absolute Gasteiger partial charge is 0.398 e. The van der Waals surface area contributed by atoms with Crippen LogP contribution in [-0.4, -0.2) is 62.3 Å². The van der Waals surface area contributed by atoms with Crippen molar-refractivity contribution in [2.75, 3.05) is 40.0 Å². The third kappa shape index (κ3) is 5.45. The van der Waals surface area contributed by atoms with Crippen LogP contribution in [0.2, 0.25) is 0 Å². The normalized spacial score (nSPS) is 12.6. The van der Waals surface area contributed by atoms with Crippen LogP contribution in [-0.2, 0) is 6.54 Å². The van der Waals surface area contributed by atoms with Crippen molar-refractivity contribution in [2.24, 2.45) is 4.99 Å². The van der Waals surface area contributed by atoms with E-state index in [1.165, 1.54) is 11.8 Å². The van der Waals surface area contributed by atoms with Gasteiger partial charge >= 0.3 is 0 Å². The van der Waals surface area contributed by atoms with E-state index in [0.29, 0.717) is 22.7 Å². The van der Waals surface area contributed by atoms with Crippen LogP contribution in [0.4, 0.5) is 5.69 Å². The summed E-state index contributed by atoms with van der Waals surface area (Å²) in [4.78, 5) is 9.53. The first-order valence-corrected chi connectivity index (χ1v) is 10.3. The Morgan fingerprint density at radius 3 is 2.74 bits per heavy atom. The number of aromatic nitrogens is 1. The van der Waals surface area contributed by atoms with Crippen LogP contribution < -0.4 is 11.1 Å². The Bertz CT molecular complexity index is 1090. The zero-order chi connectivity index (χ0) is 22.4. The van der Waals surface area contributed by atoms with Gasteiger partial charge in [-0.1, -0.05) is 12.1 Å². The number of fused-ring (bicyclic) bond motifs is 1. The van der Waals surface area contributed by atoms with Crippen LogP contribution in [0.25, 0.3) is 10.9 Å². The van der Waals surface area contributed by atoms with E-state index in [0.717, 1.165) is 36.1 Å². The SMILES string of the molecule is CN=CC(C=N)c1ccc(N)c(C(=N)c2cc3cc(CNCCN(C)C)ccc3[nH]2)c1. The summed E-state index contributed by atoms with van der Waals surface area (Å²) < 4.78 is 0. The topological polar surface area (TPSA) is 117 Å². The maximum absolute atomic E-state index is 8.75. The van der Waals surface area contributed by atoms with Gasteiger partial charge in [-0.2, -0.15) is 0 Å². The molecule has 0 aliphatic carbocycles. The Balaban J connectivity index is 1.83. The fraction of sp³-hybridized carbons (Fsp3) is 0.292. The van der Waals surface area contributed by atoms with Crippen LogP contribution in [0.3, 0.4) is 0 Å². The van der Waals surface area contributed by atoms with Crippen LogP contribution in [0.5, 0.6) is 0 Å². The van der Waals surface area contributed by atoms with E-state index in [-0.39, 0.29) is 5.92 Å². The average Bonchev–Trinajstić information content (AvgIpc) is 3.18. The number of anilines is 1. The summed E-state index contributed by atoms with van der Waals surface area (Å²) in [5.41, 5.74) is 11.5. The molecule has 3 rings (SSSR count). The number of aromatic amines is 1. The maximum Gasteiger partial charge on any atom is 0.0868 e. The minimum absolute atomic E-state index is 0.234. The molecule has 1 aromatic heterocycles. The molecular formula is C24H31N7. The lowest BCUT2D eigenvalue weighted by Crippen LogP contribution is -2.26. The molecule has 6 N–H and O–H groups in total. The maximum atomic E-state index is 8.75. The van der Waals surface area contributed by atoms with Crippen molar-refractivity contribution in [3.05, 3.63) is 64.8 Å². The van der Waals surface area contributed by atoms with Gasteiger partial charge in [0.05, 0.1) is 17.3 Å². The standard InChI is InChI=1S/C24H31N7/c1-28-15-19(13-25)17-5-6-21(26)20(11-17)24(27)23-12-18-10-16(4-7-22(18)30-23)14-29-8-9-31(2)3/h4-7,10-13,15,19,25,27,29-30H,8-9,14,26H2,1-3H3.